The molecule has 188 valence electrons. The van der Waals surface area contributed by atoms with Crippen LogP contribution in [0.15, 0.2) is 24.3 Å². The van der Waals surface area contributed by atoms with Crippen molar-refractivity contribution in [3.8, 4) is 5.75 Å². The highest BCUT2D eigenvalue weighted by Crippen LogP contribution is 2.41. The molecule has 2 saturated carbocycles. The predicted octanol–water partition coefficient (Wildman–Crippen LogP) is 4.03. The van der Waals surface area contributed by atoms with E-state index in [1.807, 2.05) is 6.92 Å². The lowest BCUT2D eigenvalue weighted by atomic mass is 9.94. The van der Waals surface area contributed by atoms with Crippen molar-refractivity contribution in [3.05, 3.63) is 29.8 Å². The van der Waals surface area contributed by atoms with Gasteiger partial charge in [-0.1, -0.05) is 38.3 Å². The van der Waals surface area contributed by atoms with Crippen molar-refractivity contribution in [1.29, 1.82) is 0 Å². The molecule has 4 atom stereocenters. The number of hydrogen-bond donors (Lipinski definition) is 3. The number of ether oxygens (including phenoxy) is 1. The van der Waals surface area contributed by atoms with Crippen LogP contribution in [0.5, 0.6) is 5.75 Å². The highest BCUT2D eigenvalue weighted by Gasteiger charge is 2.47. The van der Waals surface area contributed by atoms with Gasteiger partial charge in [-0.3, -0.25) is 9.59 Å². The van der Waals surface area contributed by atoms with E-state index in [2.05, 4.69) is 10.6 Å². The minimum absolute atomic E-state index is 0.0316. The minimum atomic E-state index is -0.903. The van der Waals surface area contributed by atoms with E-state index in [1.165, 1.54) is 18.6 Å². The molecule has 0 spiro atoms. The molecule has 1 aromatic rings. The SMILES string of the molecule is CC(NC(=O)OC(C)(C)C)C(=O)N(C(C(=O)NC1CCCCC1)c1cccc(O)c1)C1CC1C. The van der Waals surface area contributed by atoms with E-state index in [-0.39, 0.29) is 35.6 Å². The number of hydrogen-bond acceptors (Lipinski definition) is 5. The smallest absolute Gasteiger partial charge is 0.408 e. The van der Waals surface area contributed by atoms with Crippen molar-refractivity contribution in [3.63, 3.8) is 0 Å². The molecule has 0 heterocycles. The van der Waals surface area contributed by atoms with E-state index in [9.17, 15) is 19.5 Å². The molecule has 0 saturated heterocycles. The number of aromatic hydroxyl groups is 1. The molecular formula is C26H39N3O5. The van der Waals surface area contributed by atoms with E-state index < -0.39 is 23.8 Å². The van der Waals surface area contributed by atoms with Crippen LogP contribution in [0.3, 0.4) is 0 Å². The van der Waals surface area contributed by atoms with Gasteiger partial charge in [0.05, 0.1) is 0 Å². The van der Waals surface area contributed by atoms with E-state index in [0.717, 1.165) is 32.1 Å². The Morgan fingerprint density at radius 2 is 1.79 bits per heavy atom. The van der Waals surface area contributed by atoms with Gasteiger partial charge in [0.2, 0.25) is 11.8 Å². The first kappa shape index (κ1) is 25.8. The quantitative estimate of drug-likeness (QED) is 0.554. The molecule has 1 aromatic carbocycles. The summed E-state index contributed by atoms with van der Waals surface area (Å²) in [5.41, 5.74) is -0.146. The second kappa shape index (κ2) is 10.7. The van der Waals surface area contributed by atoms with Crippen LogP contribution >= 0.6 is 0 Å². The van der Waals surface area contributed by atoms with E-state index in [0.29, 0.717) is 5.56 Å². The number of alkyl carbamates (subject to hydrolysis) is 1. The maximum Gasteiger partial charge on any atom is 0.408 e. The molecule has 2 fully saturated rings. The molecule has 0 aromatic heterocycles. The molecule has 3 amide bonds. The third-order valence-corrected chi connectivity index (χ3v) is 6.45. The third-order valence-electron chi connectivity index (χ3n) is 6.45. The lowest BCUT2D eigenvalue weighted by molar-refractivity contribution is -0.143. The fourth-order valence-electron chi connectivity index (χ4n) is 4.60. The molecule has 3 N–H and O–H groups in total. The fraction of sp³-hybridized carbons (Fsp3) is 0.654. The van der Waals surface area contributed by atoms with Crippen LogP contribution in [0.1, 0.15) is 84.7 Å². The Labute approximate surface area is 202 Å². The summed E-state index contributed by atoms with van der Waals surface area (Å²) in [6.07, 6.45) is 5.24. The van der Waals surface area contributed by atoms with Crippen molar-refractivity contribution < 1.29 is 24.2 Å². The number of carbonyl (C=O) groups excluding carboxylic acids is 3. The molecule has 3 rings (SSSR count). The van der Waals surface area contributed by atoms with Gasteiger partial charge in [-0.15, -0.1) is 0 Å². The van der Waals surface area contributed by atoms with Crippen LogP contribution in [-0.4, -0.2) is 51.6 Å². The highest BCUT2D eigenvalue weighted by atomic mass is 16.6. The second-order valence-electron chi connectivity index (χ2n) is 10.7. The van der Waals surface area contributed by atoms with Gasteiger partial charge >= 0.3 is 6.09 Å². The van der Waals surface area contributed by atoms with Crippen LogP contribution in [-0.2, 0) is 14.3 Å². The third kappa shape index (κ3) is 6.87. The van der Waals surface area contributed by atoms with Crippen LogP contribution in [0, 0.1) is 5.92 Å². The van der Waals surface area contributed by atoms with Gasteiger partial charge in [-0.2, -0.15) is 0 Å². The van der Waals surface area contributed by atoms with E-state index in [4.69, 9.17) is 4.74 Å². The lowest BCUT2D eigenvalue weighted by Crippen LogP contribution is -2.54. The normalized spacial score (nSPS) is 22.3. The van der Waals surface area contributed by atoms with Gasteiger partial charge in [0.25, 0.3) is 0 Å². The summed E-state index contributed by atoms with van der Waals surface area (Å²) in [5.74, 6) is -0.342. The first-order valence-electron chi connectivity index (χ1n) is 12.4. The summed E-state index contributed by atoms with van der Waals surface area (Å²) in [6, 6.07) is 4.66. The fourth-order valence-corrected chi connectivity index (χ4v) is 4.60. The topological polar surface area (TPSA) is 108 Å². The minimum Gasteiger partial charge on any atom is -0.508 e. The summed E-state index contributed by atoms with van der Waals surface area (Å²) in [4.78, 5) is 41.2. The molecule has 8 nitrogen and oxygen atoms in total. The molecule has 2 aliphatic rings. The number of phenolic OH excluding ortho intramolecular Hbond substituents is 1. The number of amides is 3. The zero-order chi connectivity index (χ0) is 25.0. The largest absolute Gasteiger partial charge is 0.508 e. The Hall–Kier alpha value is -2.77. The summed E-state index contributed by atoms with van der Waals surface area (Å²) in [6.45, 7) is 8.90. The average molecular weight is 474 g/mol. The summed E-state index contributed by atoms with van der Waals surface area (Å²) < 4.78 is 5.31. The maximum atomic E-state index is 13.7. The highest BCUT2D eigenvalue weighted by molar-refractivity contribution is 5.92. The zero-order valence-electron chi connectivity index (χ0n) is 21.0. The second-order valence-corrected chi connectivity index (χ2v) is 10.7. The molecule has 2 aliphatic carbocycles. The molecule has 4 unspecified atom stereocenters. The van der Waals surface area contributed by atoms with Crippen molar-refractivity contribution in [2.24, 2.45) is 5.92 Å². The first-order valence-corrected chi connectivity index (χ1v) is 12.4. The number of phenols is 1. The molecule has 0 bridgehead atoms. The Morgan fingerprint density at radius 1 is 1.15 bits per heavy atom. The van der Waals surface area contributed by atoms with Crippen LogP contribution in [0.2, 0.25) is 0 Å². The standard InChI is InChI=1S/C26H39N3O5/c1-16-14-21(16)29(24(32)17(2)27-25(33)34-26(3,4)5)22(18-10-9-13-20(30)15-18)23(31)28-19-11-7-6-8-12-19/h9-10,13,15-17,19,21-22,30H,6-8,11-12,14H2,1-5H3,(H,27,33)(H,28,31). The van der Waals surface area contributed by atoms with Crippen LogP contribution < -0.4 is 10.6 Å². The van der Waals surface area contributed by atoms with Crippen LogP contribution in [0.4, 0.5) is 4.79 Å². The van der Waals surface area contributed by atoms with Gasteiger partial charge in [-0.25, -0.2) is 4.79 Å². The van der Waals surface area contributed by atoms with Crippen LogP contribution in [0.25, 0.3) is 0 Å². The average Bonchev–Trinajstić information content (AvgIpc) is 3.46. The zero-order valence-corrected chi connectivity index (χ0v) is 21.0. The maximum absolute atomic E-state index is 13.7. The Balaban J connectivity index is 1.88. The van der Waals surface area contributed by atoms with Crippen molar-refractivity contribution in [2.75, 3.05) is 0 Å². The number of nitrogens with one attached hydrogen (secondary N) is 2. The van der Waals surface area contributed by atoms with Gasteiger partial charge in [0, 0.05) is 12.1 Å². The van der Waals surface area contributed by atoms with Crippen molar-refractivity contribution >= 4 is 17.9 Å². The first-order chi connectivity index (χ1) is 16.0. The summed E-state index contributed by atoms with van der Waals surface area (Å²) in [5, 5.41) is 15.9. The Kier molecular flexibility index (Phi) is 8.10. The molecule has 0 radical (unpaired) electrons. The van der Waals surface area contributed by atoms with Gasteiger partial charge < -0.3 is 25.4 Å². The number of rotatable bonds is 7. The van der Waals surface area contributed by atoms with Gasteiger partial charge in [-0.05, 0) is 70.6 Å². The van der Waals surface area contributed by atoms with Gasteiger partial charge in [0.1, 0.15) is 23.4 Å². The summed E-state index contributed by atoms with van der Waals surface area (Å²) >= 11 is 0. The summed E-state index contributed by atoms with van der Waals surface area (Å²) in [7, 11) is 0. The van der Waals surface area contributed by atoms with Crippen molar-refractivity contribution in [2.45, 2.75) is 103 Å². The number of benzene rings is 1. The Bertz CT molecular complexity index is 891. The molecule has 8 heteroatoms. The molecular weight excluding hydrogens is 434 g/mol. The predicted molar refractivity (Wildman–Crippen MR) is 129 cm³/mol. The van der Waals surface area contributed by atoms with Gasteiger partial charge in [0.15, 0.2) is 0 Å². The molecule has 34 heavy (non-hydrogen) atoms. The monoisotopic (exact) mass is 473 g/mol. The van der Waals surface area contributed by atoms with E-state index in [1.54, 1.807) is 44.7 Å². The van der Waals surface area contributed by atoms with Crippen molar-refractivity contribution in [1.82, 2.24) is 15.5 Å². The number of carbonyl (C=O) groups is 3. The lowest BCUT2D eigenvalue weighted by Gasteiger charge is -2.35. The molecule has 0 aliphatic heterocycles. The number of nitrogens with zero attached hydrogens (tertiary/aromatic N) is 1. The van der Waals surface area contributed by atoms with E-state index >= 15 is 0 Å². The Morgan fingerprint density at radius 3 is 2.35 bits per heavy atom.